The highest BCUT2D eigenvalue weighted by Gasteiger charge is 2.22. The van der Waals surface area contributed by atoms with E-state index in [-0.39, 0.29) is 5.84 Å². The number of hydrogen-bond acceptors (Lipinski definition) is 4. The van der Waals surface area contributed by atoms with Crippen molar-refractivity contribution in [1.29, 1.82) is 0 Å². The Kier molecular flexibility index (Phi) is 3.37. The molecule has 0 spiro atoms. The number of ether oxygens (including phenoxy) is 2. The SMILES string of the molecule is COc1cc(/C(N)=N/O)ccc1OCC1CC1. The van der Waals surface area contributed by atoms with Gasteiger partial charge in [0.25, 0.3) is 0 Å². The van der Waals surface area contributed by atoms with Crippen LogP contribution < -0.4 is 15.2 Å². The maximum atomic E-state index is 8.60. The van der Waals surface area contributed by atoms with Crippen LogP contribution >= 0.6 is 0 Å². The summed E-state index contributed by atoms with van der Waals surface area (Å²) >= 11 is 0. The third kappa shape index (κ3) is 2.81. The van der Waals surface area contributed by atoms with Crippen molar-refractivity contribution in [2.75, 3.05) is 13.7 Å². The number of nitrogens with two attached hydrogens (primary N) is 1. The van der Waals surface area contributed by atoms with Crippen LogP contribution in [0.4, 0.5) is 0 Å². The summed E-state index contributed by atoms with van der Waals surface area (Å²) in [7, 11) is 1.56. The van der Waals surface area contributed by atoms with E-state index in [0.717, 1.165) is 6.61 Å². The Labute approximate surface area is 99.8 Å². The molecule has 17 heavy (non-hydrogen) atoms. The lowest BCUT2D eigenvalue weighted by atomic mass is 10.2. The van der Waals surface area contributed by atoms with E-state index in [1.807, 2.05) is 0 Å². The lowest BCUT2D eigenvalue weighted by Gasteiger charge is -2.11. The fourth-order valence-electron chi connectivity index (χ4n) is 1.50. The smallest absolute Gasteiger partial charge is 0.170 e. The predicted molar refractivity (Wildman–Crippen MR) is 63.7 cm³/mol. The van der Waals surface area contributed by atoms with E-state index in [1.54, 1.807) is 25.3 Å². The summed E-state index contributed by atoms with van der Waals surface area (Å²) in [4.78, 5) is 0. The van der Waals surface area contributed by atoms with Crippen molar-refractivity contribution in [3.8, 4) is 11.5 Å². The largest absolute Gasteiger partial charge is 0.493 e. The van der Waals surface area contributed by atoms with Gasteiger partial charge in [-0.05, 0) is 37.0 Å². The summed E-state index contributed by atoms with van der Waals surface area (Å²) < 4.78 is 10.9. The quantitative estimate of drug-likeness (QED) is 0.352. The molecule has 0 radical (unpaired) electrons. The maximum Gasteiger partial charge on any atom is 0.170 e. The molecule has 0 atom stereocenters. The zero-order valence-electron chi connectivity index (χ0n) is 9.72. The van der Waals surface area contributed by atoms with Gasteiger partial charge < -0.3 is 20.4 Å². The zero-order valence-corrected chi connectivity index (χ0v) is 9.72. The third-order valence-corrected chi connectivity index (χ3v) is 2.74. The zero-order chi connectivity index (χ0) is 12.3. The Bertz CT molecular complexity index is 428. The average molecular weight is 236 g/mol. The molecule has 1 aromatic carbocycles. The first-order valence-electron chi connectivity index (χ1n) is 5.53. The van der Waals surface area contributed by atoms with E-state index in [2.05, 4.69) is 5.16 Å². The number of nitrogens with zero attached hydrogens (tertiary/aromatic N) is 1. The first-order valence-corrected chi connectivity index (χ1v) is 5.53. The molecular weight excluding hydrogens is 220 g/mol. The molecule has 1 fully saturated rings. The predicted octanol–water partition coefficient (Wildman–Crippen LogP) is 1.58. The van der Waals surface area contributed by atoms with Crippen molar-refractivity contribution in [3.63, 3.8) is 0 Å². The molecule has 0 aromatic heterocycles. The molecule has 0 bridgehead atoms. The summed E-state index contributed by atoms with van der Waals surface area (Å²) in [5, 5.41) is 11.5. The van der Waals surface area contributed by atoms with Gasteiger partial charge in [0.05, 0.1) is 13.7 Å². The number of benzene rings is 1. The van der Waals surface area contributed by atoms with E-state index < -0.39 is 0 Å². The number of rotatable bonds is 5. The van der Waals surface area contributed by atoms with Crippen molar-refractivity contribution < 1.29 is 14.7 Å². The van der Waals surface area contributed by atoms with Crippen LogP contribution in [0.3, 0.4) is 0 Å². The lowest BCUT2D eigenvalue weighted by molar-refractivity contribution is 0.280. The monoisotopic (exact) mass is 236 g/mol. The highest BCUT2D eigenvalue weighted by Crippen LogP contribution is 2.33. The number of methoxy groups -OCH3 is 1. The lowest BCUT2D eigenvalue weighted by Crippen LogP contribution is -2.13. The first-order chi connectivity index (χ1) is 8.24. The molecule has 0 heterocycles. The van der Waals surface area contributed by atoms with Gasteiger partial charge in [-0.1, -0.05) is 5.16 Å². The van der Waals surface area contributed by atoms with Gasteiger partial charge in [0.2, 0.25) is 0 Å². The summed E-state index contributed by atoms with van der Waals surface area (Å²) in [6.45, 7) is 0.722. The maximum absolute atomic E-state index is 8.60. The molecule has 1 aromatic rings. The Morgan fingerprint density at radius 3 is 2.82 bits per heavy atom. The van der Waals surface area contributed by atoms with Crippen LogP contribution in [0.15, 0.2) is 23.4 Å². The molecule has 1 aliphatic rings. The van der Waals surface area contributed by atoms with Crippen molar-refractivity contribution in [2.45, 2.75) is 12.8 Å². The van der Waals surface area contributed by atoms with E-state index in [1.165, 1.54) is 12.8 Å². The van der Waals surface area contributed by atoms with Gasteiger partial charge in [-0.2, -0.15) is 0 Å². The normalized spacial score (nSPS) is 15.7. The molecule has 1 aliphatic carbocycles. The molecular formula is C12H16N2O3. The highest BCUT2D eigenvalue weighted by molar-refractivity contribution is 5.97. The van der Waals surface area contributed by atoms with Gasteiger partial charge in [-0.3, -0.25) is 0 Å². The van der Waals surface area contributed by atoms with E-state index in [9.17, 15) is 0 Å². The molecule has 0 unspecified atom stereocenters. The van der Waals surface area contributed by atoms with Crippen molar-refractivity contribution in [2.24, 2.45) is 16.8 Å². The second kappa shape index (κ2) is 4.95. The van der Waals surface area contributed by atoms with Gasteiger partial charge in [0.1, 0.15) is 0 Å². The van der Waals surface area contributed by atoms with Crippen LogP contribution in [-0.2, 0) is 0 Å². The molecule has 0 amide bonds. The Hall–Kier alpha value is -1.91. The number of oxime groups is 1. The van der Waals surface area contributed by atoms with Crippen LogP contribution in [0.1, 0.15) is 18.4 Å². The van der Waals surface area contributed by atoms with E-state index in [4.69, 9.17) is 20.4 Å². The number of hydrogen-bond donors (Lipinski definition) is 2. The van der Waals surface area contributed by atoms with Crippen molar-refractivity contribution in [3.05, 3.63) is 23.8 Å². The second-order valence-electron chi connectivity index (χ2n) is 4.11. The standard InChI is InChI=1S/C12H16N2O3/c1-16-11-6-9(12(13)14-15)4-5-10(11)17-7-8-2-3-8/h4-6,8,15H,2-3,7H2,1H3,(H2,13,14). The summed E-state index contributed by atoms with van der Waals surface area (Å²) in [5.74, 6) is 2.02. The molecule has 5 nitrogen and oxygen atoms in total. The van der Waals surface area contributed by atoms with E-state index in [0.29, 0.717) is 23.0 Å². The molecule has 3 N–H and O–H groups in total. The summed E-state index contributed by atoms with van der Waals surface area (Å²) in [6, 6.07) is 5.20. The molecule has 1 saturated carbocycles. The minimum absolute atomic E-state index is 0.0528. The fraction of sp³-hybridized carbons (Fsp3) is 0.417. The molecule has 5 heteroatoms. The second-order valence-corrected chi connectivity index (χ2v) is 4.11. The minimum atomic E-state index is 0.0528. The fourth-order valence-corrected chi connectivity index (χ4v) is 1.50. The minimum Gasteiger partial charge on any atom is -0.493 e. The Morgan fingerprint density at radius 2 is 2.24 bits per heavy atom. The highest BCUT2D eigenvalue weighted by atomic mass is 16.5. The van der Waals surface area contributed by atoms with Crippen LogP contribution in [0, 0.1) is 5.92 Å². The Balaban J connectivity index is 2.14. The molecule has 92 valence electrons. The van der Waals surface area contributed by atoms with Gasteiger partial charge in [0, 0.05) is 5.56 Å². The van der Waals surface area contributed by atoms with E-state index >= 15 is 0 Å². The van der Waals surface area contributed by atoms with Gasteiger partial charge in [-0.25, -0.2) is 0 Å². The first kappa shape index (κ1) is 11.6. The number of amidine groups is 1. The average Bonchev–Trinajstić information content (AvgIpc) is 3.19. The van der Waals surface area contributed by atoms with Crippen LogP contribution in [0.25, 0.3) is 0 Å². The van der Waals surface area contributed by atoms with Gasteiger partial charge >= 0.3 is 0 Å². The molecule has 0 aliphatic heterocycles. The Morgan fingerprint density at radius 1 is 1.47 bits per heavy atom. The van der Waals surface area contributed by atoms with Crippen molar-refractivity contribution >= 4 is 5.84 Å². The molecule has 2 rings (SSSR count). The van der Waals surface area contributed by atoms with Gasteiger partial charge in [0.15, 0.2) is 17.3 Å². The summed E-state index contributed by atoms with van der Waals surface area (Å²) in [6.07, 6.45) is 2.48. The van der Waals surface area contributed by atoms with Gasteiger partial charge in [-0.15, -0.1) is 0 Å². The van der Waals surface area contributed by atoms with Crippen LogP contribution in [0.5, 0.6) is 11.5 Å². The van der Waals surface area contributed by atoms with Crippen molar-refractivity contribution in [1.82, 2.24) is 0 Å². The summed E-state index contributed by atoms with van der Waals surface area (Å²) in [5.41, 5.74) is 6.10. The third-order valence-electron chi connectivity index (χ3n) is 2.74. The molecule has 0 saturated heterocycles. The van der Waals surface area contributed by atoms with Crippen LogP contribution in [-0.4, -0.2) is 24.8 Å². The van der Waals surface area contributed by atoms with Crippen LogP contribution in [0.2, 0.25) is 0 Å². The topological polar surface area (TPSA) is 77.1 Å².